The third-order valence-corrected chi connectivity index (χ3v) is 5.65. The third kappa shape index (κ3) is 2.97. The fourth-order valence-electron chi connectivity index (χ4n) is 4.45. The highest BCUT2D eigenvalue weighted by atomic mass is 15.2. The van der Waals surface area contributed by atoms with Crippen LogP contribution < -0.4 is 0 Å². The fourth-order valence-corrected chi connectivity index (χ4v) is 4.45. The van der Waals surface area contributed by atoms with Gasteiger partial charge in [0.2, 0.25) is 0 Å². The van der Waals surface area contributed by atoms with Gasteiger partial charge < -0.3 is 9.47 Å². The van der Waals surface area contributed by atoms with Crippen molar-refractivity contribution in [1.82, 2.24) is 14.5 Å². The number of piperidine rings is 2. The standard InChI is InChI=1S/C20H24N4/c21-14-16-6-8-17(9-7-16)20-22-10-13-24(20)15-18-4-3-12-23-11-2-1-5-19(18)23/h6-10,13,18-19H,1-5,11-12,15H2/t18-,19+/m0/s1. The van der Waals surface area contributed by atoms with Crippen LogP contribution in [0.4, 0.5) is 0 Å². The van der Waals surface area contributed by atoms with Crippen LogP contribution in [-0.4, -0.2) is 33.6 Å². The Bertz CT molecular complexity index is 723. The molecule has 24 heavy (non-hydrogen) atoms. The van der Waals surface area contributed by atoms with Crippen molar-refractivity contribution in [2.24, 2.45) is 5.92 Å². The quantitative estimate of drug-likeness (QED) is 0.866. The summed E-state index contributed by atoms with van der Waals surface area (Å²) in [6, 6.07) is 10.7. The van der Waals surface area contributed by atoms with Crippen molar-refractivity contribution >= 4 is 0 Å². The molecule has 4 heteroatoms. The van der Waals surface area contributed by atoms with Crippen LogP contribution in [0, 0.1) is 17.2 Å². The minimum Gasteiger partial charge on any atom is -0.331 e. The molecule has 3 heterocycles. The van der Waals surface area contributed by atoms with Crippen LogP contribution in [0.1, 0.15) is 37.7 Å². The Morgan fingerprint density at radius 3 is 2.75 bits per heavy atom. The molecular formula is C20H24N4. The van der Waals surface area contributed by atoms with E-state index in [1.807, 2.05) is 30.5 Å². The number of rotatable bonds is 3. The molecule has 2 aromatic rings. The lowest BCUT2D eigenvalue weighted by Gasteiger charge is -2.44. The fraction of sp³-hybridized carbons (Fsp3) is 0.500. The summed E-state index contributed by atoms with van der Waals surface area (Å²) in [5.41, 5.74) is 1.79. The minimum absolute atomic E-state index is 0.696. The van der Waals surface area contributed by atoms with Crippen LogP contribution in [0.2, 0.25) is 0 Å². The summed E-state index contributed by atoms with van der Waals surface area (Å²) in [6.07, 6.45) is 10.7. The van der Waals surface area contributed by atoms with E-state index in [2.05, 4.69) is 26.7 Å². The zero-order valence-electron chi connectivity index (χ0n) is 14.1. The van der Waals surface area contributed by atoms with E-state index in [-0.39, 0.29) is 0 Å². The Labute approximate surface area is 143 Å². The summed E-state index contributed by atoms with van der Waals surface area (Å²) < 4.78 is 2.31. The molecule has 2 atom stereocenters. The van der Waals surface area contributed by atoms with E-state index in [4.69, 9.17) is 5.26 Å². The van der Waals surface area contributed by atoms with Crippen LogP contribution in [-0.2, 0) is 6.54 Å². The van der Waals surface area contributed by atoms with Crippen molar-refractivity contribution in [3.05, 3.63) is 42.2 Å². The van der Waals surface area contributed by atoms with Gasteiger partial charge in [0.05, 0.1) is 11.6 Å². The molecule has 0 radical (unpaired) electrons. The molecule has 1 aromatic carbocycles. The van der Waals surface area contributed by atoms with E-state index in [0.29, 0.717) is 5.56 Å². The van der Waals surface area contributed by atoms with E-state index in [1.54, 1.807) is 0 Å². The van der Waals surface area contributed by atoms with Gasteiger partial charge in [-0.15, -0.1) is 0 Å². The average molecular weight is 320 g/mol. The highest BCUT2D eigenvalue weighted by molar-refractivity contribution is 5.57. The van der Waals surface area contributed by atoms with Crippen LogP contribution in [0.3, 0.4) is 0 Å². The predicted octanol–water partition coefficient (Wildman–Crippen LogP) is 3.69. The lowest BCUT2D eigenvalue weighted by molar-refractivity contribution is 0.0521. The first-order valence-corrected chi connectivity index (χ1v) is 9.11. The molecule has 0 saturated carbocycles. The van der Waals surface area contributed by atoms with Crippen molar-refractivity contribution in [1.29, 1.82) is 5.26 Å². The van der Waals surface area contributed by atoms with Crippen molar-refractivity contribution < 1.29 is 0 Å². The van der Waals surface area contributed by atoms with Crippen LogP contribution >= 0.6 is 0 Å². The maximum atomic E-state index is 8.96. The molecule has 0 N–H and O–H groups in total. The molecule has 124 valence electrons. The van der Waals surface area contributed by atoms with E-state index in [9.17, 15) is 0 Å². The molecule has 4 rings (SSSR count). The smallest absolute Gasteiger partial charge is 0.139 e. The summed E-state index contributed by atoms with van der Waals surface area (Å²) in [5, 5.41) is 8.96. The summed E-state index contributed by atoms with van der Waals surface area (Å²) >= 11 is 0. The maximum absolute atomic E-state index is 8.96. The van der Waals surface area contributed by atoms with Crippen LogP contribution in [0.15, 0.2) is 36.7 Å². The molecule has 4 nitrogen and oxygen atoms in total. The topological polar surface area (TPSA) is 44.9 Å². The molecule has 2 fully saturated rings. The number of nitrogens with zero attached hydrogens (tertiary/aromatic N) is 4. The molecule has 2 saturated heterocycles. The van der Waals surface area contributed by atoms with Gasteiger partial charge in [-0.1, -0.05) is 6.42 Å². The lowest BCUT2D eigenvalue weighted by Crippen LogP contribution is -2.49. The van der Waals surface area contributed by atoms with Gasteiger partial charge in [-0.25, -0.2) is 4.98 Å². The first kappa shape index (κ1) is 15.4. The average Bonchev–Trinajstić information content (AvgIpc) is 3.10. The summed E-state index contributed by atoms with van der Waals surface area (Å²) in [5.74, 6) is 1.75. The second-order valence-corrected chi connectivity index (χ2v) is 7.09. The van der Waals surface area contributed by atoms with Gasteiger partial charge in [0.15, 0.2) is 0 Å². The van der Waals surface area contributed by atoms with Crippen molar-refractivity contribution in [2.45, 2.75) is 44.7 Å². The van der Waals surface area contributed by atoms with Crippen molar-refractivity contribution in [3.63, 3.8) is 0 Å². The molecule has 0 amide bonds. The van der Waals surface area contributed by atoms with E-state index < -0.39 is 0 Å². The predicted molar refractivity (Wildman–Crippen MR) is 94.3 cm³/mol. The Balaban J connectivity index is 1.55. The summed E-state index contributed by atoms with van der Waals surface area (Å²) in [4.78, 5) is 7.30. The van der Waals surface area contributed by atoms with Gasteiger partial charge in [-0.05, 0) is 69.0 Å². The Morgan fingerprint density at radius 1 is 1.08 bits per heavy atom. The second kappa shape index (κ2) is 6.78. The van der Waals surface area contributed by atoms with Crippen LogP contribution in [0.5, 0.6) is 0 Å². The van der Waals surface area contributed by atoms with Crippen LogP contribution in [0.25, 0.3) is 11.4 Å². The molecule has 2 aliphatic rings. The first-order chi connectivity index (χ1) is 11.8. The van der Waals surface area contributed by atoms with Crippen molar-refractivity contribution in [3.8, 4) is 17.5 Å². The largest absolute Gasteiger partial charge is 0.331 e. The second-order valence-electron chi connectivity index (χ2n) is 7.09. The number of nitriles is 1. The van der Waals surface area contributed by atoms with Gasteiger partial charge in [-0.3, -0.25) is 0 Å². The molecule has 2 aliphatic heterocycles. The highest BCUT2D eigenvalue weighted by Gasteiger charge is 2.33. The van der Waals surface area contributed by atoms with E-state index in [0.717, 1.165) is 29.9 Å². The first-order valence-electron chi connectivity index (χ1n) is 9.11. The molecule has 0 aliphatic carbocycles. The zero-order chi connectivity index (χ0) is 16.4. The number of imidazole rings is 1. The molecule has 0 bridgehead atoms. The third-order valence-electron chi connectivity index (χ3n) is 5.65. The number of fused-ring (bicyclic) bond motifs is 1. The Kier molecular flexibility index (Phi) is 4.36. The van der Waals surface area contributed by atoms with Gasteiger partial charge in [-0.2, -0.15) is 5.26 Å². The maximum Gasteiger partial charge on any atom is 0.139 e. The lowest BCUT2D eigenvalue weighted by atomic mass is 9.83. The molecule has 0 unspecified atom stereocenters. The van der Waals surface area contributed by atoms with Gasteiger partial charge in [0.1, 0.15) is 5.82 Å². The molecular weight excluding hydrogens is 296 g/mol. The normalized spacial score (nSPS) is 24.3. The van der Waals surface area contributed by atoms with Gasteiger partial charge in [0, 0.05) is 30.5 Å². The minimum atomic E-state index is 0.696. The van der Waals surface area contributed by atoms with E-state index >= 15 is 0 Å². The van der Waals surface area contributed by atoms with Crippen molar-refractivity contribution in [2.75, 3.05) is 13.1 Å². The summed E-state index contributed by atoms with van der Waals surface area (Å²) in [6.45, 7) is 3.62. The summed E-state index contributed by atoms with van der Waals surface area (Å²) in [7, 11) is 0. The monoisotopic (exact) mass is 320 g/mol. The SMILES string of the molecule is N#Cc1ccc(-c2nccn2C[C@@H]2CCCN3CCCC[C@H]23)cc1. The zero-order valence-corrected chi connectivity index (χ0v) is 14.1. The number of hydrogen-bond donors (Lipinski definition) is 0. The molecule has 1 aromatic heterocycles. The Morgan fingerprint density at radius 2 is 1.92 bits per heavy atom. The molecule has 0 spiro atoms. The number of benzene rings is 1. The Hall–Kier alpha value is -2.12. The van der Waals surface area contributed by atoms with E-state index in [1.165, 1.54) is 45.2 Å². The number of aromatic nitrogens is 2. The number of hydrogen-bond acceptors (Lipinski definition) is 3. The van der Waals surface area contributed by atoms with Gasteiger partial charge in [0.25, 0.3) is 0 Å². The highest BCUT2D eigenvalue weighted by Crippen LogP contribution is 2.32. The van der Waals surface area contributed by atoms with Gasteiger partial charge >= 0.3 is 0 Å².